The van der Waals surface area contributed by atoms with Gasteiger partial charge in [0.1, 0.15) is 11.5 Å². The number of carbonyl (C=O) groups is 1. The van der Waals surface area contributed by atoms with Crippen LogP contribution in [0.25, 0.3) is 5.69 Å². The number of rotatable bonds is 3. The van der Waals surface area contributed by atoms with Gasteiger partial charge in [-0.1, -0.05) is 5.16 Å². The Labute approximate surface area is 166 Å². The Balaban J connectivity index is 1.58. The highest BCUT2D eigenvalue weighted by Gasteiger charge is 2.32. The lowest BCUT2D eigenvalue weighted by Crippen LogP contribution is -2.30. The van der Waals surface area contributed by atoms with Crippen molar-refractivity contribution in [2.24, 2.45) is 0 Å². The van der Waals surface area contributed by atoms with Gasteiger partial charge >= 0.3 is 0 Å². The summed E-state index contributed by atoms with van der Waals surface area (Å²) >= 11 is 3.55. The molecular formula is C20H21BrN4O2. The van der Waals surface area contributed by atoms with Crippen molar-refractivity contribution >= 4 is 21.8 Å². The van der Waals surface area contributed by atoms with E-state index in [0.29, 0.717) is 5.56 Å². The number of amides is 1. The minimum Gasteiger partial charge on any atom is -0.361 e. The summed E-state index contributed by atoms with van der Waals surface area (Å²) in [5.74, 6) is 0.795. The highest BCUT2D eigenvalue weighted by molar-refractivity contribution is 9.10. The van der Waals surface area contributed by atoms with Crippen LogP contribution in [0.15, 0.2) is 39.3 Å². The molecule has 0 saturated carbocycles. The number of benzene rings is 1. The lowest BCUT2D eigenvalue weighted by atomic mass is 10.1. The van der Waals surface area contributed by atoms with Crippen LogP contribution in [0.3, 0.4) is 0 Å². The monoisotopic (exact) mass is 428 g/mol. The summed E-state index contributed by atoms with van der Waals surface area (Å²) in [7, 11) is 0. The summed E-state index contributed by atoms with van der Waals surface area (Å²) in [6.07, 6.45) is 1.88. The third-order valence-electron chi connectivity index (χ3n) is 5.06. The first kappa shape index (κ1) is 18.0. The zero-order valence-electron chi connectivity index (χ0n) is 15.6. The molecule has 1 aliphatic heterocycles. The van der Waals surface area contributed by atoms with Gasteiger partial charge < -0.3 is 9.42 Å². The summed E-state index contributed by atoms with van der Waals surface area (Å²) in [4.78, 5) is 14.9. The third-order valence-corrected chi connectivity index (χ3v) is 6.21. The van der Waals surface area contributed by atoms with Crippen LogP contribution >= 0.6 is 15.9 Å². The first-order valence-electron chi connectivity index (χ1n) is 9.02. The summed E-state index contributed by atoms with van der Waals surface area (Å²) in [6, 6.07) is 9.51. The predicted octanol–water partition coefficient (Wildman–Crippen LogP) is 4.53. The first-order valence-corrected chi connectivity index (χ1v) is 9.81. The van der Waals surface area contributed by atoms with Gasteiger partial charge in [-0.15, -0.1) is 0 Å². The highest BCUT2D eigenvalue weighted by atomic mass is 79.9. The van der Waals surface area contributed by atoms with Crippen LogP contribution in [0.4, 0.5) is 0 Å². The van der Waals surface area contributed by atoms with Crippen LogP contribution in [0, 0.1) is 20.8 Å². The van der Waals surface area contributed by atoms with Crippen molar-refractivity contribution in [2.45, 2.75) is 39.7 Å². The number of nitrogens with zero attached hydrogens (tertiary/aromatic N) is 4. The quantitative estimate of drug-likeness (QED) is 0.614. The largest absolute Gasteiger partial charge is 0.361 e. The van der Waals surface area contributed by atoms with E-state index in [9.17, 15) is 4.79 Å². The van der Waals surface area contributed by atoms with Crippen LogP contribution in [0.1, 0.15) is 52.1 Å². The Morgan fingerprint density at radius 3 is 2.56 bits per heavy atom. The second-order valence-electron chi connectivity index (χ2n) is 6.96. The van der Waals surface area contributed by atoms with Crippen LogP contribution in [0.2, 0.25) is 0 Å². The summed E-state index contributed by atoms with van der Waals surface area (Å²) in [5, 5.41) is 8.65. The lowest BCUT2D eigenvalue weighted by Gasteiger charge is -2.23. The predicted molar refractivity (Wildman–Crippen MR) is 105 cm³/mol. The second kappa shape index (κ2) is 6.96. The maximum absolute atomic E-state index is 13.0. The molecule has 1 saturated heterocycles. The molecule has 6 nitrogen and oxygen atoms in total. The maximum atomic E-state index is 13.0. The van der Waals surface area contributed by atoms with E-state index >= 15 is 0 Å². The van der Waals surface area contributed by atoms with Crippen molar-refractivity contribution < 1.29 is 9.32 Å². The minimum absolute atomic E-state index is 0.0124. The van der Waals surface area contributed by atoms with Gasteiger partial charge in [-0.2, -0.15) is 5.10 Å². The molecule has 0 bridgehead atoms. The molecule has 0 aliphatic carbocycles. The van der Waals surface area contributed by atoms with Crippen molar-refractivity contribution in [3.05, 3.63) is 63.2 Å². The van der Waals surface area contributed by atoms with Gasteiger partial charge in [0.05, 0.1) is 27.6 Å². The molecular weight excluding hydrogens is 408 g/mol. The molecule has 2 aromatic heterocycles. The number of likely N-dealkylation sites (tertiary alicyclic amines) is 1. The Bertz CT molecular complexity index is 990. The normalized spacial score (nSPS) is 16.9. The fraction of sp³-hybridized carbons (Fsp3) is 0.350. The van der Waals surface area contributed by atoms with Crippen LogP contribution in [0.5, 0.6) is 0 Å². The Kier molecular flexibility index (Phi) is 4.63. The Morgan fingerprint density at radius 1 is 1.22 bits per heavy atom. The van der Waals surface area contributed by atoms with Gasteiger partial charge in [0.25, 0.3) is 5.91 Å². The lowest BCUT2D eigenvalue weighted by molar-refractivity contribution is 0.0731. The molecule has 7 heteroatoms. The molecule has 1 amide bonds. The number of hydrogen-bond acceptors (Lipinski definition) is 4. The zero-order valence-corrected chi connectivity index (χ0v) is 17.2. The zero-order chi connectivity index (χ0) is 19.1. The van der Waals surface area contributed by atoms with Gasteiger partial charge in [0, 0.05) is 18.2 Å². The molecule has 3 heterocycles. The molecule has 0 spiro atoms. The van der Waals surface area contributed by atoms with Crippen LogP contribution in [-0.4, -0.2) is 32.3 Å². The number of hydrogen-bond donors (Lipinski definition) is 0. The van der Waals surface area contributed by atoms with Gasteiger partial charge in [-0.3, -0.25) is 4.79 Å². The van der Waals surface area contributed by atoms with E-state index in [1.165, 1.54) is 0 Å². The van der Waals surface area contributed by atoms with Gasteiger partial charge in [-0.25, -0.2) is 4.68 Å². The van der Waals surface area contributed by atoms with Gasteiger partial charge in [0.15, 0.2) is 0 Å². The van der Waals surface area contributed by atoms with Crippen molar-refractivity contribution in [3.8, 4) is 5.69 Å². The van der Waals surface area contributed by atoms with E-state index in [2.05, 4.69) is 26.2 Å². The number of aryl methyl sites for hydroxylation is 2. The average Bonchev–Trinajstić information content (AvgIpc) is 3.38. The molecule has 3 aromatic rings. The smallest absolute Gasteiger partial charge is 0.254 e. The van der Waals surface area contributed by atoms with Crippen LogP contribution < -0.4 is 0 Å². The summed E-state index contributed by atoms with van der Waals surface area (Å²) < 4.78 is 8.08. The Hall–Kier alpha value is -2.41. The molecule has 1 aliphatic rings. The fourth-order valence-electron chi connectivity index (χ4n) is 3.65. The van der Waals surface area contributed by atoms with E-state index in [4.69, 9.17) is 4.52 Å². The average molecular weight is 429 g/mol. The van der Waals surface area contributed by atoms with Gasteiger partial charge in [-0.05, 0) is 73.8 Å². The van der Waals surface area contributed by atoms with Crippen LogP contribution in [-0.2, 0) is 0 Å². The molecule has 140 valence electrons. The van der Waals surface area contributed by atoms with E-state index in [0.717, 1.165) is 52.4 Å². The standard InChI is InChI=1S/C20H21BrN4O2/c1-12-11-17(23-27-12)18-5-4-10-24(18)20(26)15-6-8-16(9-7-15)25-14(3)19(21)13(2)22-25/h6-9,11,18H,4-5,10H2,1-3H3/t18-/m0/s1. The molecule has 0 radical (unpaired) electrons. The second-order valence-corrected chi connectivity index (χ2v) is 7.76. The molecule has 4 rings (SSSR count). The van der Waals surface area contributed by atoms with E-state index in [1.54, 1.807) is 0 Å². The number of halogens is 1. The highest BCUT2D eigenvalue weighted by Crippen LogP contribution is 2.33. The summed E-state index contributed by atoms with van der Waals surface area (Å²) in [6.45, 7) is 6.58. The molecule has 1 aromatic carbocycles. The fourth-order valence-corrected chi connectivity index (χ4v) is 3.89. The Morgan fingerprint density at radius 2 is 1.96 bits per heavy atom. The molecule has 1 atom stereocenters. The van der Waals surface area contributed by atoms with Crippen molar-refractivity contribution in [3.63, 3.8) is 0 Å². The number of aromatic nitrogens is 3. The minimum atomic E-state index is -0.0124. The topological polar surface area (TPSA) is 64.2 Å². The van der Waals surface area contributed by atoms with Crippen molar-refractivity contribution in [2.75, 3.05) is 6.54 Å². The van der Waals surface area contributed by atoms with E-state index in [1.807, 2.05) is 60.7 Å². The number of carbonyl (C=O) groups excluding carboxylic acids is 1. The maximum Gasteiger partial charge on any atom is 0.254 e. The molecule has 0 N–H and O–H groups in total. The van der Waals surface area contributed by atoms with Crippen molar-refractivity contribution in [1.29, 1.82) is 0 Å². The van der Waals surface area contributed by atoms with E-state index < -0.39 is 0 Å². The van der Waals surface area contributed by atoms with Crippen molar-refractivity contribution in [1.82, 2.24) is 19.8 Å². The summed E-state index contributed by atoms with van der Waals surface area (Å²) in [5.41, 5.74) is 4.42. The molecule has 27 heavy (non-hydrogen) atoms. The van der Waals surface area contributed by atoms with Gasteiger partial charge in [0.2, 0.25) is 0 Å². The third kappa shape index (κ3) is 3.20. The SMILES string of the molecule is Cc1cc([C@@H]2CCCN2C(=O)c2ccc(-n3nc(C)c(Br)c3C)cc2)no1. The van der Waals surface area contributed by atoms with E-state index in [-0.39, 0.29) is 11.9 Å². The molecule has 0 unspecified atom stereocenters. The first-order chi connectivity index (χ1) is 13.0. The molecule has 1 fully saturated rings.